The molecule has 1 aliphatic heterocycles. The van der Waals surface area contributed by atoms with Gasteiger partial charge in [0, 0.05) is 44.1 Å². The van der Waals surface area contributed by atoms with E-state index in [4.69, 9.17) is 16.3 Å². The highest BCUT2D eigenvalue weighted by molar-refractivity contribution is 9.10. The highest BCUT2D eigenvalue weighted by Gasteiger charge is 2.35. The minimum atomic E-state index is -0.902. The molecule has 4 heterocycles. The van der Waals surface area contributed by atoms with Crippen LogP contribution in [0.5, 0.6) is 11.6 Å². The van der Waals surface area contributed by atoms with Gasteiger partial charge in [0.15, 0.2) is 0 Å². The maximum atomic E-state index is 11.1. The summed E-state index contributed by atoms with van der Waals surface area (Å²) in [7, 11) is 0. The van der Waals surface area contributed by atoms with Crippen molar-refractivity contribution < 1.29 is 9.84 Å². The van der Waals surface area contributed by atoms with Crippen molar-refractivity contribution in [2.24, 2.45) is 5.92 Å². The maximum absolute atomic E-state index is 11.1. The molecule has 10 heteroatoms. The van der Waals surface area contributed by atoms with Gasteiger partial charge in [-0.2, -0.15) is 0 Å². The fraction of sp³-hybridized carbons (Fsp3) is 0.385. The fourth-order valence-electron chi connectivity index (χ4n) is 4.74. The molecular formula is C26H26BrClN6O2. The van der Waals surface area contributed by atoms with E-state index in [-0.39, 0.29) is 0 Å². The van der Waals surface area contributed by atoms with Gasteiger partial charge in [0.05, 0.1) is 20.7 Å². The van der Waals surface area contributed by atoms with Crippen LogP contribution in [0, 0.1) is 5.92 Å². The average molecular weight is 570 g/mol. The van der Waals surface area contributed by atoms with Crippen LogP contribution in [-0.4, -0.2) is 48.1 Å². The number of hydrogen-bond donors (Lipinski definition) is 1. The molecule has 3 aromatic heterocycles. The standard InChI is InChI=1S/C26H26BrClN6O2/c27-23-21(7-6-20-24(23)31-32-34(20)15-17-4-5-17)36-25-18(13-19(28)14-30-25)16-33-11-8-26(35,9-12-33)22-3-1-2-10-29-22/h1-3,6-7,10,13-14,17,35H,4-5,8-9,11-12,15-16H2. The third-order valence-corrected chi connectivity index (χ3v) is 8.01. The van der Waals surface area contributed by atoms with Crippen LogP contribution in [-0.2, 0) is 18.7 Å². The number of halogens is 2. The minimum Gasteiger partial charge on any atom is -0.437 e. The summed E-state index contributed by atoms with van der Waals surface area (Å²) >= 11 is 9.97. The van der Waals surface area contributed by atoms with Crippen LogP contribution in [0.15, 0.2) is 53.3 Å². The first kappa shape index (κ1) is 23.8. The number of ether oxygens (including phenoxy) is 1. The smallest absolute Gasteiger partial charge is 0.223 e. The average Bonchev–Trinajstić information content (AvgIpc) is 3.62. The van der Waals surface area contributed by atoms with Gasteiger partial charge in [-0.1, -0.05) is 22.9 Å². The first-order valence-electron chi connectivity index (χ1n) is 12.2. The lowest BCUT2D eigenvalue weighted by molar-refractivity contribution is -0.0312. The lowest BCUT2D eigenvalue weighted by Crippen LogP contribution is -2.42. The molecule has 1 aromatic carbocycles. The second kappa shape index (κ2) is 9.70. The summed E-state index contributed by atoms with van der Waals surface area (Å²) in [6, 6.07) is 11.5. The molecule has 1 aliphatic carbocycles. The zero-order chi connectivity index (χ0) is 24.7. The monoisotopic (exact) mass is 568 g/mol. The Morgan fingerprint density at radius 2 is 1.97 bits per heavy atom. The summed E-state index contributed by atoms with van der Waals surface area (Å²) in [5, 5.41) is 20.4. The van der Waals surface area contributed by atoms with Crippen LogP contribution in [0.3, 0.4) is 0 Å². The number of fused-ring (bicyclic) bond motifs is 1. The summed E-state index contributed by atoms with van der Waals surface area (Å²) in [6.07, 6.45) is 7.04. The van der Waals surface area contributed by atoms with Crippen molar-refractivity contribution in [3.63, 3.8) is 0 Å². The molecule has 2 aliphatic rings. The molecule has 1 saturated carbocycles. The van der Waals surface area contributed by atoms with E-state index in [2.05, 4.69) is 41.1 Å². The normalized spacial score (nSPS) is 18.0. The summed E-state index contributed by atoms with van der Waals surface area (Å²) < 4.78 is 9.00. The molecule has 2 fully saturated rings. The largest absolute Gasteiger partial charge is 0.437 e. The summed E-state index contributed by atoms with van der Waals surface area (Å²) in [6.45, 7) is 2.95. The summed E-state index contributed by atoms with van der Waals surface area (Å²) in [5.41, 5.74) is 2.47. The highest BCUT2D eigenvalue weighted by Crippen LogP contribution is 2.38. The number of aliphatic hydroxyl groups is 1. The Hall–Kier alpha value is -2.59. The summed E-state index contributed by atoms with van der Waals surface area (Å²) in [4.78, 5) is 11.1. The molecule has 4 aromatic rings. The van der Waals surface area contributed by atoms with Crippen LogP contribution in [0.4, 0.5) is 0 Å². The number of pyridine rings is 2. The lowest BCUT2D eigenvalue weighted by atomic mass is 9.87. The predicted molar refractivity (Wildman–Crippen MR) is 140 cm³/mol. The van der Waals surface area contributed by atoms with Crippen LogP contribution in [0.2, 0.25) is 5.02 Å². The second-order valence-corrected chi connectivity index (χ2v) is 10.9. The number of hydrogen-bond acceptors (Lipinski definition) is 7. The number of nitrogens with zero attached hydrogens (tertiary/aromatic N) is 6. The third kappa shape index (κ3) is 4.85. The first-order valence-corrected chi connectivity index (χ1v) is 13.4. The van der Waals surface area contributed by atoms with Crippen molar-refractivity contribution in [1.82, 2.24) is 29.9 Å². The van der Waals surface area contributed by atoms with Crippen molar-refractivity contribution in [2.45, 2.75) is 44.4 Å². The molecule has 0 radical (unpaired) electrons. The van der Waals surface area contributed by atoms with Crippen molar-refractivity contribution >= 4 is 38.6 Å². The Balaban J connectivity index is 1.19. The Kier molecular flexibility index (Phi) is 6.41. The van der Waals surface area contributed by atoms with E-state index in [1.165, 1.54) is 12.8 Å². The van der Waals surface area contributed by atoms with E-state index < -0.39 is 5.60 Å². The van der Waals surface area contributed by atoms with Gasteiger partial charge < -0.3 is 9.84 Å². The highest BCUT2D eigenvalue weighted by atomic mass is 79.9. The van der Waals surface area contributed by atoms with Gasteiger partial charge in [0.25, 0.3) is 0 Å². The molecule has 1 N–H and O–H groups in total. The Morgan fingerprint density at radius 3 is 2.72 bits per heavy atom. The van der Waals surface area contributed by atoms with Crippen LogP contribution in [0.25, 0.3) is 11.0 Å². The number of piperidine rings is 1. The quantitative estimate of drug-likeness (QED) is 0.322. The first-order chi connectivity index (χ1) is 17.5. The van der Waals surface area contributed by atoms with Crippen LogP contribution in [0.1, 0.15) is 36.9 Å². The molecule has 0 atom stereocenters. The molecule has 0 bridgehead atoms. The number of likely N-dealkylation sites (tertiary alicyclic amines) is 1. The van der Waals surface area contributed by atoms with Crippen molar-refractivity contribution in [2.75, 3.05) is 13.1 Å². The van der Waals surface area contributed by atoms with Crippen molar-refractivity contribution in [3.8, 4) is 11.6 Å². The Bertz CT molecular complexity index is 1390. The molecule has 0 amide bonds. The Morgan fingerprint density at radius 1 is 1.14 bits per heavy atom. The van der Waals surface area contributed by atoms with Gasteiger partial charge in [0.2, 0.25) is 5.88 Å². The molecule has 1 saturated heterocycles. The molecule has 8 nitrogen and oxygen atoms in total. The SMILES string of the molecule is OC1(c2ccccn2)CCN(Cc2cc(Cl)cnc2Oc2ccc3c(nnn3CC3CC3)c2Br)CC1. The molecule has 0 unspecified atom stereocenters. The van der Waals surface area contributed by atoms with E-state index in [1.807, 2.05) is 41.1 Å². The number of benzene rings is 1. The lowest BCUT2D eigenvalue weighted by Gasteiger charge is -2.37. The third-order valence-electron chi connectivity index (χ3n) is 7.04. The van der Waals surface area contributed by atoms with Gasteiger partial charge in [-0.25, -0.2) is 9.67 Å². The van der Waals surface area contributed by atoms with Gasteiger partial charge in [-0.3, -0.25) is 9.88 Å². The number of rotatable bonds is 7. The minimum absolute atomic E-state index is 0.496. The zero-order valence-electron chi connectivity index (χ0n) is 19.6. The van der Waals surface area contributed by atoms with E-state index in [1.54, 1.807) is 12.4 Å². The summed E-state index contributed by atoms with van der Waals surface area (Å²) in [5.74, 6) is 1.83. The van der Waals surface area contributed by atoms with Gasteiger partial charge in [-0.05, 0) is 77.9 Å². The molecule has 186 valence electrons. The molecule has 6 rings (SSSR count). The van der Waals surface area contributed by atoms with Crippen molar-refractivity contribution in [1.29, 1.82) is 0 Å². The predicted octanol–water partition coefficient (Wildman–Crippen LogP) is 5.32. The van der Waals surface area contributed by atoms with E-state index >= 15 is 0 Å². The van der Waals surface area contributed by atoms with E-state index in [0.717, 1.165) is 46.4 Å². The topological polar surface area (TPSA) is 89.2 Å². The van der Waals surface area contributed by atoms with Crippen molar-refractivity contribution in [3.05, 3.63) is 69.5 Å². The fourth-order valence-corrected chi connectivity index (χ4v) is 5.41. The van der Waals surface area contributed by atoms with Gasteiger partial charge in [-0.15, -0.1) is 5.10 Å². The van der Waals surface area contributed by atoms with Gasteiger partial charge in [0.1, 0.15) is 16.9 Å². The van der Waals surface area contributed by atoms with Crippen LogP contribution >= 0.6 is 27.5 Å². The Labute approximate surface area is 222 Å². The molecule has 36 heavy (non-hydrogen) atoms. The molecule has 0 spiro atoms. The van der Waals surface area contributed by atoms with E-state index in [9.17, 15) is 5.11 Å². The zero-order valence-corrected chi connectivity index (χ0v) is 22.0. The maximum Gasteiger partial charge on any atom is 0.223 e. The molecular weight excluding hydrogens is 544 g/mol. The van der Waals surface area contributed by atoms with Crippen LogP contribution < -0.4 is 4.74 Å². The number of aromatic nitrogens is 5. The second-order valence-electron chi connectivity index (χ2n) is 9.70. The van der Waals surface area contributed by atoms with Gasteiger partial charge >= 0.3 is 0 Å². The van der Waals surface area contributed by atoms with E-state index in [0.29, 0.717) is 42.0 Å².